The van der Waals surface area contributed by atoms with E-state index in [1.165, 1.54) is 0 Å². The number of nitrogens with zero attached hydrogens (tertiary/aromatic N) is 3. The van der Waals surface area contributed by atoms with Crippen molar-refractivity contribution in [3.05, 3.63) is 23.2 Å². The number of benzene rings is 1. The molecule has 0 radical (unpaired) electrons. The number of anilines is 1. The zero-order chi connectivity index (χ0) is 14.5. The van der Waals surface area contributed by atoms with E-state index in [2.05, 4.69) is 14.9 Å². The maximum atomic E-state index is 6.27. The average Bonchev–Trinajstić information content (AvgIpc) is 2.39. The summed E-state index contributed by atoms with van der Waals surface area (Å²) in [6, 6.07) is 5.42. The van der Waals surface area contributed by atoms with Crippen molar-refractivity contribution in [1.82, 2.24) is 0 Å². The molecular formula is C12H17ClN6O. The lowest BCUT2D eigenvalue weighted by molar-refractivity contribution is 0.123. The van der Waals surface area contributed by atoms with Gasteiger partial charge in [-0.3, -0.25) is 0 Å². The molecule has 1 aliphatic rings. The molecule has 0 bridgehead atoms. The van der Waals surface area contributed by atoms with E-state index in [0.29, 0.717) is 23.9 Å². The van der Waals surface area contributed by atoms with Gasteiger partial charge in [0.2, 0.25) is 5.96 Å². The second-order valence-electron chi connectivity index (χ2n) is 4.21. The van der Waals surface area contributed by atoms with Gasteiger partial charge in [-0.15, -0.1) is 0 Å². The van der Waals surface area contributed by atoms with Gasteiger partial charge in [-0.2, -0.15) is 4.99 Å². The van der Waals surface area contributed by atoms with E-state index in [1.54, 1.807) is 6.07 Å². The number of para-hydroxylation sites is 1. The largest absolute Gasteiger partial charge is 0.378 e. The van der Waals surface area contributed by atoms with Crippen LogP contribution in [0.4, 0.5) is 11.4 Å². The third kappa shape index (κ3) is 3.52. The minimum atomic E-state index is -0.138. The molecule has 0 aliphatic carbocycles. The van der Waals surface area contributed by atoms with E-state index in [0.717, 1.165) is 18.8 Å². The summed E-state index contributed by atoms with van der Waals surface area (Å²) in [7, 11) is 0. The van der Waals surface area contributed by atoms with Gasteiger partial charge in [-0.1, -0.05) is 17.7 Å². The van der Waals surface area contributed by atoms with Crippen LogP contribution in [0.3, 0.4) is 0 Å². The van der Waals surface area contributed by atoms with E-state index in [9.17, 15) is 0 Å². The number of nitrogens with two attached hydrogens (primary N) is 3. The van der Waals surface area contributed by atoms with Crippen molar-refractivity contribution in [2.75, 3.05) is 31.2 Å². The zero-order valence-corrected chi connectivity index (χ0v) is 11.7. The fourth-order valence-electron chi connectivity index (χ4n) is 1.97. The fourth-order valence-corrected chi connectivity index (χ4v) is 2.26. The topological polar surface area (TPSA) is 115 Å². The van der Waals surface area contributed by atoms with Gasteiger partial charge in [0.25, 0.3) is 0 Å². The van der Waals surface area contributed by atoms with E-state index < -0.39 is 0 Å². The molecule has 1 heterocycles. The molecule has 2 rings (SSSR count). The molecule has 6 N–H and O–H groups in total. The van der Waals surface area contributed by atoms with Gasteiger partial charge in [-0.25, -0.2) is 4.99 Å². The van der Waals surface area contributed by atoms with Crippen molar-refractivity contribution in [3.63, 3.8) is 0 Å². The molecule has 0 amide bonds. The summed E-state index contributed by atoms with van der Waals surface area (Å²) in [4.78, 5) is 10.0. The maximum Gasteiger partial charge on any atom is 0.223 e. The summed E-state index contributed by atoms with van der Waals surface area (Å²) < 4.78 is 5.33. The number of guanidine groups is 2. The molecule has 1 aromatic rings. The monoisotopic (exact) mass is 296 g/mol. The first-order valence-electron chi connectivity index (χ1n) is 6.13. The molecule has 1 fully saturated rings. The number of hydrogen-bond donors (Lipinski definition) is 3. The Kier molecular flexibility index (Phi) is 4.65. The summed E-state index contributed by atoms with van der Waals surface area (Å²) >= 11 is 6.27. The minimum Gasteiger partial charge on any atom is -0.378 e. The van der Waals surface area contributed by atoms with Gasteiger partial charge < -0.3 is 26.8 Å². The number of rotatable bonds is 2. The minimum absolute atomic E-state index is 0.0122. The normalized spacial score (nSPS) is 16.1. The highest BCUT2D eigenvalue weighted by molar-refractivity contribution is 6.34. The Morgan fingerprint density at radius 2 is 1.90 bits per heavy atom. The summed E-state index contributed by atoms with van der Waals surface area (Å²) in [5, 5.41) is 0.602. The van der Waals surface area contributed by atoms with Crippen molar-refractivity contribution in [2.24, 2.45) is 27.2 Å². The van der Waals surface area contributed by atoms with Crippen molar-refractivity contribution in [2.45, 2.75) is 0 Å². The Morgan fingerprint density at radius 3 is 2.55 bits per heavy atom. The van der Waals surface area contributed by atoms with Crippen molar-refractivity contribution < 1.29 is 4.74 Å². The molecule has 1 aromatic carbocycles. The predicted molar refractivity (Wildman–Crippen MR) is 81.6 cm³/mol. The first-order chi connectivity index (χ1) is 9.58. The number of aliphatic imine (C=N–C) groups is 2. The van der Waals surface area contributed by atoms with Crippen LogP contribution in [0.5, 0.6) is 0 Å². The molecule has 1 aliphatic heterocycles. The predicted octanol–water partition coefficient (Wildman–Crippen LogP) is 0.396. The molecule has 0 spiro atoms. The molecule has 0 aromatic heterocycles. The second-order valence-corrected chi connectivity index (χ2v) is 4.62. The molecule has 20 heavy (non-hydrogen) atoms. The SMILES string of the molecule is NC(N)=NC(N)=Nc1cccc(Cl)c1N1CCOCC1. The Hall–Kier alpha value is -1.99. The second kappa shape index (κ2) is 6.44. The van der Waals surface area contributed by atoms with Gasteiger partial charge in [0.15, 0.2) is 5.96 Å². The van der Waals surface area contributed by atoms with Gasteiger partial charge in [-0.05, 0) is 12.1 Å². The number of morpholine rings is 1. The van der Waals surface area contributed by atoms with Crippen LogP contribution in [0.15, 0.2) is 28.2 Å². The highest BCUT2D eigenvalue weighted by Gasteiger charge is 2.17. The van der Waals surface area contributed by atoms with Crippen LogP contribution >= 0.6 is 11.6 Å². The molecule has 0 saturated carbocycles. The first kappa shape index (κ1) is 14.4. The van der Waals surface area contributed by atoms with Gasteiger partial charge in [0.1, 0.15) is 0 Å². The Balaban J connectivity index is 2.38. The highest BCUT2D eigenvalue weighted by atomic mass is 35.5. The number of halogens is 1. The summed E-state index contributed by atoms with van der Waals surface area (Å²) in [5.41, 5.74) is 17.7. The van der Waals surface area contributed by atoms with Crippen LogP contribution in [0.1, 0.15) is 0 Å². The van der Waals surface area contributed by atoms with Crippen LogP contribution in [-0.4, -0.2) is 38.2 Å². The van der Waals surface area contributed by atoms with Gasteiger partial charge in [0, 0.05) is 13.1 Å². The van der Waals surface area contributed by atoms with Crippen molar-refractivity contribution in [3.8, 4) is 0 Å². The summed E-state index contributed by atoms with van der Waals surface area (Å²) in [6.07, 6.45) is 0. The first-order valence-corrected chi connectivity index (χ1v) is 6.50. The molecule has 0 atom stereocenters. The molecule has 108 valence electrons. The summed E-state index contributed by atoms with van der Waals surface area (Å²) in [6.45, 7) is 2.79. The Morgan fingerprint density at radius 1 is 1.20 bits per heavy atom. The quantitative estimate of drug-likeness (QED) is 0.539. The lowest BCUT2D eigenvalue weighted by atomic mass is 10.2. The van der Waals surface area contributed by atoms with Crippen LogP contribution in [-0.2, 0) is 4.74 Å². The standard InChI is InChI=1S/C12H17ClN6O/c13-8-2-1-3-9(17-12(16)18-11(14)15)10(8)19-4-6-20-7-5-19/h1-3H,4-7H2,(H6,14,15,16,17,18). The van der Waals surface area contributed by atoms with E-state index in [1.807, 2.05) is 12.1 Å². The van der Waals surface area contributed by atoms with Gasteiger partial charge in [0.05, 0.1) is 29.6 Å². The lowest BCUT2D eigenvalue weighted by Gasteiger charge is -2.30. The van der Waals surface area contributed by atoms with Gasteiger partial charge >= 0.3 is 0 Å². The third-order valence-electron chi connectivity index (χ3n) is 2.77. The van der Waals surface area contributed by atoms with Crippen LogP contribution in [0.25, 0.3) is 0 Å². The number of ether oxygens (including phenoxy) is 1. The molecule has 0 unspecified atom stereocenters. The summed E-state index contributed by atoms with van der Waals surface area (Å²) in [5.74, 6) is -0.150. The third-order valence-corrected chi connectivity index (χ3v) is 3.08. The van der Waals surface area contributed by atoms with Crippen LogP contribution in [0.2, 0.25) is 5.02 Å². The molecule has 1 saturated heterocycles. The smallest absolute Gasteiger partial charge is 0.223 e. The van der Waals surface area contributed by atoms with Crippen molar-refractivity contribution >= 4 is 34.9 Å². The molecule has 8 heteroatoms. The molecule has 7 nitrogen and oxygen atoms in total. The fraction of sp³-hybridized carbons (Fsp3) is 0.333. The Bertz CT molecular complexity index is 535. The average molecular weight is 297 g/mol. The van der Waals surface area contributed by atoms with Crippen molar-refractivity contribution in [1.29, 1.82) is 0 Å². The van der Waals surface area contributed by atoms with E-state index >= 15 is 0 Å². The van der Waals surface area contributed by atoms with Crippen LogP contribution < -0.4 is 22.1 Å². The lowest BCUT2D eigenvalue weighted by Crippen LogP contribution is -2.36. The zero-order valence-electron chi connectivity index (χ0n) is 10.9. The van der Waals surface area contributed by atoms with E-state index in [4.69, 9.17) is 33.5 Å². The highest BCUT2D eigenvalue weighted by Crippen LogP contribution is 2.36. The number of hydrogen-bond acceptors (Lipinski definition) is 3. The van der Waals surface area contributed by atoms with E-state index in [-0.39, 0.29) is 11.9 Å². The molecular weight excluding hydrogens is 280 g/mol. The Labute approximate surface area is 122 Å². The van der Waals surface area contributed by atoms with Crippen LogP contribution in [0, 0.1) is 0 Å². The maximum absolute atomic E-state index is 6.27.